The first-order valence-corrected chi connectivity index (χ1v) is 8.12. The zero-order valence-electron chi connectivity index (χ0n) is 13.9. The van der Waals surface area contributed by atoms with Crippen LogP contribution in [0.1, 0.15) is 38.7 Å². The first kappa shape index (κ1) is 16.5. The number of hydrogen-bond acceptors (Lipinski definition) is 4. The highest BCUT2D eigenvalue weighted by atomic mass is 16.5. The molecule has 0 bridgehead atoms. The third-order valence-corrected chi connectivity index (χ3v) is 4.22. The van der Waals surface area contributed by atoms with E-state index in [0.29, 0.717) is 17.9 Å². The van der Waals surface area contributed by atoms with Crippen molar-refractivity contribution in [1.82, 2.24) is 10.2 Å². The lowest BCUT2D eigenvalue weighted by Gasteiger charge is -2.35. The number of rotatable bonds is 7. The van der Waals surface area contributed by atoms with Gasteiger partial charge in [-0.1, -0.05) is 20.8 Å². The zero-order valence-corrected chi connectivity index (χ0v) is 13.9. The lowest BCUT2D eigenvalue weighted by Crippen LogP contribution is -2.43. The molecular formula is C17H30N2O2. The maximum Gasteiger partial charge on any atom is 0.118 e. The summed E-state index contributed by atoms with van der Waals surface area (Å²) in [5.74, 6) is 3.40. The molecule has 0 spiro atoms. The van der Waals surface area contributed by atoms with Gasteiger partial charge >= 0.3 is 0 Å². The fourth-order valence-corrected chi connectivity index (χ4v) is 2.86. The highest BCUT2D eigenvalue weighted by Gasteiger charge is 2.26. The predicted molar refractivity (Wildman–Crippen MR) is 85.1 cm³/mol. The number of likely N-dealkylation sites (tertiary alicyclic amines) is 1. The molecule has 4 heteroatoms. The van der Waals surface area contributed by atoms with Crippen LogP contribution in [0.5, 0.6) is 0 Å². The Bertz CT molecular complexity index is 417. The van der Waals surface area contributed by atoms with E-state index >= 15 is 0 Å². The lowest BCUT2D eigenvalue weighted by molar-refractivity contribution is -0.00925. The molecule has 2 unspecified atom stereocenters. The zero-order chi connectivity index (χ0) is 15.2. The Labute approximate surface area is 128 Å². The second-order valence-corrected chi connectivity index (χ2v) is 6.67. The molecule has 21 heavy (non-hydrogen) atoms. The first-order valence-electron chi connectivity index (χ1n) is 8.12. The summed E-state index contributed by atoms with van der Waals surface area (Å²) in [5, 5.41) is 3.41. The minimum Gasteiger partial charge on any atom is -0.463 e. The van der Waals surface area contributed by atoms with Crippen LogP contribution in [-0.4, -0.2) is 37.7 Å². The van der Waals surface area contributed by atoms with Gasteiger partial charge in [0.2, 0.25) is 0 Å². The largest absolute Gasteiger partial charge is 0.463 e. The van der Waals surface area contributed by atoms with E-state index in [2.05, 4.69) is 43.1 Å². The summed E-state index contributed by atoms with van der Waals surface area (Å²) in [6, 6.07) is 4.19. The fourth-order valence-electron chi connectivity index (χ4n) is 2.86. The van der Waals surface area contributed by atoms with Gasteiger partial charge in [-0.15, -0.1) is 0 Å². The SMILES string of the molecule is COC1CN(Cc2ccc(CNCC(C)C)o2)CCC1C. The number of methoxy groups -OCH3 is 1. The van der Waals surface area contributed by atoms with Gasteiger partial charge in [-0.25, -0.2) is 0 Å². The van der Waals surface area contributed by atoms with Crippen molar-refractivity contribution in [2.24, 2.45) is 11.8 Å². The van der Waals surface area contributed by atoms with Crippen LogP contribution in [0.15, 0.2) is 16.5 Å². The molecular weight excluding hydrogens is 264 g/mol. The Morgan fingerprint density at radius 2 is 2.14 bits per heavy atom. The van der Waals surface area contributed by atoms with Crippen LogP contribution in [0.25, 0.3) is 0 Å². The van der Waals surface area contributed by atoms with Crippen molar-refractivity contribution in [3.63, 3.8) is 0 Å². The van der Waals surface area contributed by atoms with Gasteiger partial charge in [-0.2, -0.15) is 0 Å². The molecule has 0 aliphatic carbocycles. The molecule has 4 nitrogen and oxygen atoms in total. The monoisotopic (exact) mass is 294 g/mol. The highest BCUT2D eigenvalue weighted by molar-refractivity contribution is 5.07. The maximum atomic E-state index is 5.92. The molecule has 0 radical (unpaired) electrons. The molecule has 1 aromatic rings. The van der Waals surface area contributed by atoms with Crippen molar-refractivity contribution in [1.29, 1.82) is 0 Å². The van der Waals surface area contributed by atoms with Crippen molar-refractivity contribution in [3.8, 4) is 0 Å². The summed E-state index contributed by atoms with van der Waals surface area (Å²) < 4.78 is 11.5. The average molecular weight is 294 g/mol. The van der Waals surface area contributed by atoms with Crippen LogP contribution < -0.4 is 5.32 Å². The number of piperidine rings is 1. The van der Waals surface area contributed by atoms with Crippen molar-refractivity contribution in [2.75, 3.05) is 26.7 Å². The van der Waals surface area contributed by atoms with Crippen molar-refractivity contribution < 1.29 is 9.15 Å². The minimum atomic E-state index is 0.348. The topological polar surface area (TPSA) is 37.6 Å². The molecule has 1 aliphatic rings. The van der Waals surface area contributed by atoms with Crippen LogP contribution in [-0.2, 0) is 17.8 Å². The molecule has 1 aromatic heterocycles. The molecule has 1 N–H and O–H groups in total. The Hall–Kier alpha value is -0.840. The van der Waals surface area contributed by atoms with E-state index in [0.717, 1.165) is 44.2 Å². The maximum absolute atomic E-state index is 5.92. The summed E-state index contributed by atoms with van der Waals surface area (Å²) in [6.45, 7) is 11.6. The Kier molecular flexibility index (Phi) is 6.27. The Morgan fingerprint density at radius 1 is 1.38 bits per heavy atom. The van der Waals surface area contributed by atoms with E-state index in [1.807, 2.05) is 7.11 Å². The number of ether oxygens (including phenoxy) is 1. The third-order valence-electron chi connectivity index (χ3n) is 4.22. The van der Waals surface area contributed by atoms with E-state index in [9.17, 15) is 0 Å². The van der Waals surface area contributed by atoms with E-state index in [4.69, 9.17) is 9.15 Å². The quantitative estimate of drug-likeness (QED) is 0.839. The molecule has 1 fully saturated rings. The van der Waals surface area contributed by atoms with Crippen LogP contribution in [0.4, 0.5) is 0 Å². The van der Waals surface area contributed by atoms with Gasteiger partial charge in [0.15, 0.2) is 0 Å². The van der Waals surface area contributed by atoms with E-state index < -0.39 is 0 Å². The lowest BCUT2D eigenvalue weighted by atomic mass is 9.96. The normalized spacial score (nSPS) is 23.9. The number of hydrogen-bond donors (Lipinski definition) is 1. The van der Waals surface area contributed by atoms with Crippen molar-refractivity contribution >= 4 is 0 Å². The second-order valence-electron chi connectivity index (χ2n) is 6.67. The van der Waals surface area contributed by atoms with Crippen molar-refractivity contribution in [3.05, 3.63) is 23.7 Å². The van der Waals surface area contributed by atoms with Gasteiger partial charge in [-0.3, -0.25) is 4.90 Å². The second kappa shape index (κ2) is 7.97. The smallest absolute Gasteiger partial charge is 0.118 e. The molecule has 2 atom stereocenters. The summed E-state index contributed by atoms with van der Waals surface area (Å²) in [4.78, 5) is 2.43. The first-order chi connectivity index (χ1) is 10.1. The van der Waals surface area contributed by atoms with Gasteiger partial charge in [0, 0.05) is 13.7 Å². The molecule has 0 saturated carbocycles. The molecule has 2 rings (SSSR count). The van der Waals surface area contributed by atoms with Gasteiger partial charge in [-0.05, 0) is 43.5 Å². The van der Waals surface area contributed by atoms with Crippen LogP contribution in [0.2, 0.25) is 0 Å². The third kappa shape index (κ3) is 5.13. The molecule has 0 amide bonds. The summed E-state index contributed by atoms with van der Waals surface area (Å²) in [6.07, 6.45) is 1.54. The van der Waals surface area contributed by atoms with Gasteiger partial charge < -0.3 is 14.5 Å². The van der Waals surface area contributed by atoms with Gasteiger partial charge in [0.1, 0.15) is 11.5 Å². The van der Waals surface area contributed by atoms with Crippen LogP contribution in [0.3, 0.4) is 0 Å². The fraction of sp³-hybridized carbons (Fsp3) is 0.765. The standard InChI is InChI=1S/C17H30N2O2/c1-13(2)9-18-10-15-5-6-16(21-15)11-19-8-7-14(3)17(12-19)20-4/h5-6,13-14,17-18H,7-12H2,1-4H3. The summed E-state index contributed by atoms with van der Waals surface area (Å²) in [7, 11) is 1.82. The summed E-state index contributed by atoms with van der Waals surface area (Å²) in [5.41, 5.74) is 0. The van der Waals surface area contributed by atoms with E-state index in [1.54, 1.807) is 0 Å². The van der Waals surface area contributed by atoms with E-state index in [1.165, 1.54) is 6.42 Å². The molecule has 2 heterocycles. The molecule has 1 saturated heterocycles. The van der Waals surface area contributed by atoms with Gasteiger partial charge in [0.05, 0.1) is 19.2 Å². The molecule has 0 aromatic carbocycles. The predicted octanol–water partition coefficient (Wildman–Crippen LogP) is 2.88. The molecule has 1 aliphatic heterocycles. The van der Waals surface area contributed by atoms with E-state index in [-0.39, 0.29) is 0 Å². The van der Waals surface area contributed by atoms with Crippen LogP contribution >= 0.6 is 0 Å². The van der Waals surface area contributed by atoms with Crippen molar-refractivity contribution in [2.45, 2.75) is 46.4 Å². The minimum absolute atomic E-state index is 0.348. The summed E-state index contributed by atoms with van der Waals surface area (Å²) >= 11 is 0. The highest BCUT2D eigenvalue weighted by Crippen LogP contribution is 2.21. The Morgan fingerprint density at radius 3 is 2.86 bits per heavy atom. The number of nitrogens with one attached hydrogen (secondary N) is 1. The number of furan rings is 1. The van der Waals surface area contributed by atoms with Gasteiger partial charge in [0.25, 0.3) is 0 Å². The Balaban J connectivity index is 1.79. The van der Waals surface area contributed by atoms with Crippen LogP contribution in [0, 0.1) is 11.8 Å². The molecule has 120 valence electrons. The average Bonchev–Trinajstić information content (AvgIpc) is 2.88. The number of nitrogens with zero attached hydrogens (tertiary/aromatic N) is 1.